The lowest BCUT2D eigenvalue weighted by atomic mass is 10.0. The van der Waals surface area contributed by atoms with Crippen LogP contribution in [0.5, 0.6) is 0 Å². The fraction of sp³-hybridized carbons (Fsp3) is 0.176. The molecule has 2 N–H and O–H groups in total. The first-order chi connectivity index (χ1) is 10.2. The maximum Gasteiger partial charge on any atom is 0.0995 e. The van der Waals surface area contributed by atoms with E-state index in [9.17, 15) is 0 Å². The first-order valence-electron chi connectivity index (χ1n) is 6.99. The van der Waals surface area contributed by atoms with Crippen molar-refractivity contribution in [2.24, 2.45) is 5.73 Å². The molecule has 0 aliphatic heterocycles. The first-order valence-corrected chi connectivity index (χ1v) is 6.99. The van der Waals surface area contributed by atoms with E-state index in [1.807, 2.05) is 54.2 Å². The van der Waals surface area contributed by atoms with Crippen LogP contribution in [0, 0.1) is 6.92 Å². The lowest BCUT2D eigenvalue weighted by molar-refractivity contribution is 0.678. The molecule has 106 valence electrons. The van der Waals surface area contributed by atoms with Gasteiger partial charge in [0.05, 0.1) is 36.1 Å². The normalized spacial score (nSPS) is 12.3. The summed E-state index contributed by atoms with van der Waals surface area (Å²) < 4.78 is 2.00. The summed E-state index contributed by atoms with van der Waals surface area (Å²) in [6.07, 6.45) is 6.24. The third-order valence-electron chi connectivity index (χ3n) is 3.52. The lowest BCUT2D eigenvalue weighted by Gasteiger charge is -2.15. The predicted molar refractivity (Wildman–Crippen MR) is 83.2 cm³/mol. The minimum absolute atomic E-state index is 0.101. The molecule has 4 nitrogen and oxygen atoms in total. The predicted octanol–water partition coefficient (Wildman–Crippen LogP) is 2.82. The van der Waals surface area contributed by atoms with E-state index in [1.165, 1.54) is 5.56 Å². The molecular weight excluding hydrogens is 260 g/mol. The number of hydrogen-bond donors (Lipinski definition) is 1. The van der Waals surface area contributed by atoms with Gasteiger partial charge in [0.2, 0.25) is 0 Å². The number of aromatic nitrogens is 3. The zero-order valence-electron chi connectivity index (χ0n) is 12.0. The topological polar surface area (TPSA) is 56.7 Å². The van der Waals surface area contributed by atoms with E-state index in [1.54, 1.807) is 6.33 Å². The second-order valence-electron chi connectivity index (χ2n) is 5.14. The average molecular weight is 278 g/mol. The highest BCUT2D eigenvalue weighted by Gasteiger charge is 2.13. The monoisotopic (exact) mass is 278 g/mol. The van der Waals surface area contributed by atoms with Crippen molar-refractivity contribution in [1.29, 1.82) is 0 Å². The maximum atomic E-state index is 6.36. The van der Waals surface area contributed by atoms with Gasteiger partial charge < -0.3 is 10.3 Å². The second-order valence-corrected chi connectivity index (χ2v) is 5.14. The van der Waals surface area contributed by atoms with Crippen molar-refractivity contribution in [3.8, 4) is 5.69 Å². The van der Waals surface area contributed by atoms with Gasteiger partial charge in [-0.1, -0.05) is 30.3 Å². The Morgan fingerprint density at radius 1 is 1.10 bits per heavy atom. The van der Waals surface area contributed by atoms with Gasteiger partial charge in [-0.05, 0) is 31.0 Å². The molecule has 2 aromatic heterocycles. The van der Waals surface area contributed by atoms with E-state index in [0.717, 1.165) is 23.5 Å². The van der Waals surface area contributed by atoms with Crippen molar-refractivity contribution in [3.63, 3.8) is 0 Å². The number of hydrogen-bond acceptors (Lipinski definition) is 3. The van der Waals surface area contributed by atoms with Gasteiger partial charge in [0.15, 0.2) is 0 Å². The average Bonchev–Trinajstić information content (AvgIpc) is 2.98. The SMILES string of the molecule is Cc1ccc(-n2cncc2[C@H](N)Cc2ccccc2)cn1. The second kappa shape index (κ2) is 5.89. The first kappa shape index (κ1) is 13.5. The molecule has 3 aromatic rings. The van der Waals surface area contributed by atoms with E-state index < -0.39 is 0 Å². The molecule has 0 fully saturated rings. The summed E-state index contributed by atoms with van der Waals surface area (Å²) >= 11 is 0. The number of rotatable bonds is 4. The summed E-state index contributed by atoms with van der Waals surface area (Å²) in [4.78, 5) is 8.57. The van der Waals surface area contributed by atoms with E-state index in [2.05, 4.69) is 22.1 Å². The molecule has 1 atom stereocenters. The molecule has 0 unspecified atom stereocenters. The highest BCUT2D eigenvalue weighted by Crippen LogP contribution is 2.19. The van der Waals surface area contributed by atoms with E-state index in [0.29, 0.717) is 0 Å². The highest BCUT2D eigenvalue weighted by atomic mass is 15.1. The quantitative estimate of drug-likeness (QED) is 0.798. The van der Waals surface area contributed by atoms with Gasteiger partial charge in [-0.15, -0.1) is 0 Å². The van der Waals surface area contributed by atoms with Crippen LogP contribution in [0.3, 0.4) is 0 Å². The molecule has 0 bridgehead atoms. The van der Waals surface area contributed by atoms with Crippen molar-refractivity contribution in [3.05, 3.63) is 78.1 Å². The standard InChI is InChI=1S/C17H18N4/c1-13-7-8-15(10-20-13)21-12-19-11-17(21)16(18)9-14-5-3-2-4-6-14/h2-8,10-12,16H,9,18H2,1H3/t16-/m1/s1. The fourth-order valence-electron chi connectivity index (χ4n) is 2.37. The molecule has 0 spiro atoms. The molecule has 21 heavy (non-hydrogen) atoms. The van der Waals surface area contributed by atoms with Gasteiger partial charge in [0.25, 0.3) is 0 Å². The van der Waals surface area contributed by atoms with E-state index in [4.69, 9.17) is 5.73 Å². The van der Waals surface area contributed by atoms with Crippen molar-refractivity contribution in [2.45, 2.75) is 19.4 Å². The van der Waals surface area contributed by atoms with E-state index >= 15 is 0 Å². The van der Waals surface area contributed by atoms with Crippen molar-refractivity contribution < 1.29 is 0 Å². The Morgan fingerprint density at radius 2 is 1.90 bits per heavy atom. The minimum Gasteiger partial charge on any atom is -0.322 e. The molecule has 0 radical (unpaired) electrons. The zero-order valence-corrected chi connectivity index (χ0v) is 12.0. The lowest BCUT2D eigenvalue weighted by Crippen LogP contribution is -2.17. The third-order valence-corrected chi connectivity index (χ3v) is 3.52. The smallest absolute Gasteiger partial charge is 0.0995 e. The fourth-order valence-corrected chi connectivity index (χ4v) is 2.37. The zero-order chi connectivity index (χ0) is 14.7. The molecule has 1 aromatic carbocycles. The summed E-state index contributed by atoms with van der Waals surface area (Å²) in [5, 5.41) is 0. The summed E-state index contributed by atoms with van der Waals surface area (Å²) in [7, 11) is 0. The Labute approximate surface area is 124 Å². The minimum atomic E-state index is -0.101. The number of imidazole rings is 1. The molecule has 4 heteroatoms. The van der Waals surface area contributed by atoms with Crippen molar-refractivity contribution in [2.75, 3.05) is 0 Å². The highest BCUT2D eigenvalue weighted by molar-refractivity contribution is 5.33. The maximum absolute atomic E-state index is 6.36. The third kappa shape index (κ3) is 3.01. The largest absolute Gasteiger partial charge is 0.322 e. The summed E-state index contributed by atoms with van der Waals surface area (Å²) in [6, 6.07) is 14.2. The van der Waals surface area contributed by atoms with Gasteiger partial charge in [-0.3, -0.25) is 4.98 Å². The molecule has 3 rings (SSSR count). The summed E-state index contributed by atoms with van der Waals surface area (Å²) in [6.45, 7) is 1.97. The van der Waals surface area contributed by atoms with Crippen LogP contribution in [0.1, 0.15) is 23.0 Å². The van der Waals surface area contributed by atoms with Gasteiger partial charge in [-0.2, -0.15) is 0 Å². The van der Waals surface area contributed by atoms with Gasteiger partial charge in [-0.25, -0.2) is 4.98 Å². The molecular formula is C17H18N4. The van der Waals surface area contributed by atoms with Crippen molar-refractivity contribution in [1.82, 2.24) is 14.5 Å². The van der Waals surface area contributed by atoms with Crippen molar-refractivity contribution >= 4 is 0 Å². The number of pyridine rings is 1. The summed E-state index contributed by atoms with van der Waals surface area (Å²) in [5.74, 6) is 0. The number of nitrogens with zero attached hydrogens (tertiary/aromatic N) is 3. The Hall–Kier alpha value is -2.46. The van der Waals surface area contributed by atoms with Crippen LogP contribution in [0.2, 0.25) is 0 Å². The number of benzene rings is 1. The molecule has 0 aliphatic rings. The van der Waals surface area contributed by atoms with E-state index in [-0.39, 0.29) is 6.04 Å². The van der Waals surface area contributed by atoms with Crippen LogP contribution >= 0.6 is 0 Å². The molecule has 0 saturated heterocycles. The van der Waals surface area contributed by atoms with Crippen LogP contribution in [0.4, 0.5) is 0 Å². The molecule has 0 aliphatic carbocycles. The van der Waals surface area contributed by atoms with Crippen LogP contribution in [-0.2, 0) is 6.42 Å². The Balaban J connectivity index is 1.86. The number of aryl methyl sites for hydroxylation is 1. The molecule has 0 saturated carbocycles. The Kier molecular flexibility index (Phi) is 3.79. The van der Waals surface area contributed by atoms with Crippen LogP contribution in [-0.4, -0.2) is 14.5 Å². The molecule has 2 heterocycles. The molecule has 0 amide bonds. The van der Waals surface area contributed by atoms with Gasteiger partial charge >= 0.3 is 0 Å². The van der Waals surface area contributed by atoms with Gasteiger partial charge in [0.1, 0.15) is 0 Å². The van der Waals surface area contributed by atoms with Gasteiger partial charge in [0, 0.05) is 5.69 Å². The van der Waals surface area contributed by atoms with Crippen LogP contribution in [0.15, 0.2) is 61.2 Å². The van der Waals surface area contributed by atoms with Crippen LogP contribution in [0.25, 0.3) is 5.69 Å². The van der Waals surface area contributed by atoms with Crippen LogP contribution < -0.4 is 5.73 Å². The Morgan fingerprint density at radius 3 is 2.62 bits per heavy atom. The summed E-state index contributed by atoms with van der Waals surface area (Å²) in [5.41, 5.74) is 10.5. The Bertz CT molecular complexity index is 701. The number of nitrogens with two attached hydrogens (primary N) is 1.